The minimum Gasteiger partial charge on any atom is -0.479 e. The summed E-state index contributed by atoms with van der Waals surface area (Å²) >= 11 is 0. The highest BCUT2D eigenvalue weighted by atomic mass is 16.6. The van der Waals surface area contributed by atoms with Crippen LogP contribution in [0.25, 0.3) is 0 Å². The van der Waals surface area contributed by atoms with Crippen molar-refractivity contribution in [3.05, 3.63) is 0 Å². The monoisotopic (exact) mass is 132 g/mol. The van der Waals surface area contributed by atoms with Gasteiger partial charge in [0, 0.05) is 0 Å². The van der Waals surface area contributed by atoms with Crippen molar-refractivity contribution < 1.29 is 19.7 Å². The van der Waals surface area contributed by atoms with Crippen molar-refractivity contribution in [3.8, 4) is 0 Å². The summed E-state index contributed by atoms with van der Waals surface area (Å²) in [5.74, 6) is -0.999. The Hall–Kier alpha value is -0.610. The SMILES string of the molecule is CC(O)C1OC1C(=O)O. The number of ether oxygens (including phenoxy) is 1. The first-order chi connectivity index (χ1) is 4.13. The van der Waals surface area contributed by atoms with E-state index < -0.39 is 24.3 Å². The lowest BCUT2D eigenvalue weighted by molar-refractivity contribution is -0.138. The van der Waals surface area contributed by atoms with Gasteiger partial charge in [0.05, 0.1) is 6.10 Å². The topological polar surface area (TPSA) is 70.1 Å². The van der Waals surface area contributed by atoms with E-state index in [1.807, 2.05) is 0 Å². The molecular weight excluding hydrogens is 124 g/mol. The second kappa shape index (κ2) is 1.97. The Morgan fingerprint density at radius 3 is 2.44 bits per heavy atom. The van der Waals surface area contributed by atoms with Gasteiger partial charge >= 0.3 is 5.97 Å². The van der Waals surface area contributed by atoms with Gasteiger partial charge in [-0.2, -0.15) is 0 Å². The number of hydrogen-bond acceptors (Lipinski definition) is 3. The van der Waals surface area contributed by atoms with Gasteiger partial charge in [-0.1, -0.05) is 0 Å². The van der Waals surface area contributed by atoms with Crippen molar-refractivity contribution in [2.75, 3.05) is 0 Å². The first-order valence-corrected chi connectivity index (χ1v) is 2.69. The fourth-order valence-electron chi connectivity index (χ4n) is 0.689. The lowest BCUT2D eigenvalue weighted by Crippen LogP contribution is -2.16. The Balaban J connectivity index is 2.33. The van der Waals surface area contributed by atoms with Gasteiger partial charge in [-0.15, -0.1) is 0 Å². The van der Waals surface area contributed by atoms with Crippen LogP contribution >= 0.6 is 0 Å². The van der Waals surface area contributed by atoms with Gasteiger partial charge < -0.3 is 14.9 Å². The number of aliphatic hydroxyl groups is 1. The zero-order valence-electron chi connectivity index (χ0n) is 4.94. The van der Waals surface area contributed by atoms with Crippen LogP contribution in [0.15, 0.2) is 0 Å². The largest absolute Gasteiger partial charge is 0.479 e. The van der Waals surface area contributed by atoms with Crippen LogP contribution in [0, 0.1) is 0 Å². The normalized spacial score (nSPS) is 35.8. The van der Waals surface area contributed by atoms with Crippen LogP contribution in [0.2, 0.25) is 0 Å². The number of aliphatic hydroxyl groups excluding tert-OH is 1. The van der Waals surface area contributed by atoms with Crippen molar-refractivity contribution in [3.63, 3.8) is 0 Å². The molecule has 2 N–H and O–H groups in total. The van der Waals surface area contributed by atoms with E-state index in [4.69, 9.17) is 10.2 Å². The Morgan fingerprint density at radius 2 is 2.33 bits per heavy atom. The van der Waals surface area contributed by atoms with E-state index in [9.17, 15) is 4.79 Å². The molecule has 1 heterocycles. The molecule has 0 amide bonds. The van der Waals surface area contributed by atoms with Crippen molar-refractivity contribution in [2.24, 2.45) is 0 Å². The van der Waals surface area contributed by atoms with Crippen molar-refractivity contribution in [2.45, 2.75) is 25.2 Å². The summed E-state index contributed by atoms with van der Waals surface area (Å²) in [5, 5.41) is 17.0. The molecule has 1 aliphatic heterocycles. The molecule has 0 aromatic carbocycles. The molecule has 0 spiro atoms. The first kappa shape index (κ1) is 6.51. The third kappa shape index (κ3) is 1.20. The molecule has 1 aliphatic rings. The number of carboxylic acids is 1. The summed E-state index contributed by atoms with van der Waals surface area (Å²) in [4.78, 5) is 10.0. The summed E-state index contributed by atoms with van der Waals surface area (Å²) in [5.41, 5.74) is 0. The van der Waals surface area contributed by atoms with Crippen LogP contribution in [0.4, 0.5) is 0 Å². The molecule has 0 aliphatic carbocycles. The second-order valence-electron chi connectivity index (χ2n) is 2.10. The molecule has 0 aromatic rings. The molecular formula is C5H8O4. The number of hydrogen-bond donors (Lipinski definition) is 2. The third-order valence-electron chi connectivity index (χ3n) is 1.24. The summed E-state index contributed by atoms with van der Waals surface area (Å²) < 4.78 is 4.59. The number of carbonyl (C=O) groups is 1. The number of carboxylic acid groups (broad SMARTS) is 1. The Bertz CT molecular complexity index is 131. The van der Waals surface area contributed by atoms with E-state index >= 15 is 0 Å². The minimum atomic E-state index is -0.999. The molecule has 4 nitrogen and oxygen atoms in total. The molecule has 1 rings (SSSR count). The van der Waals surface area contributed by atoms with E-state index in [0.717, 1.165) is 0 Å². The summed E-state index contributed by atoms with van der Waals surface area (Å²) in [7, 11) is 0. The zero-order valence-corrected chi connectivity index (χ0v) is 4.94. The molecule has 0 bridgehead atoms. The maximum absolute atomic E-state index is 10.0. The average molecular weight is 132 g/mol. The summed E-state index contributed by atoms with van der Waals surface area (Å²) in [6, 6.07) is 0. The van der Waals surface area contributed by atoms with Crippen LogP contribution in [-0.4, -0.2) is 34.5 Å². The Labute approximate surface area is 52.1 Å². The van der Waals surface area contributed by atoms with Crippen molar-refractivity contribution in [1.29, 1.82) is 0 Å². The highest BCUT2D eigenvalue weighted by molar-refractivity contribution is 5.75. The smallest absolute Gasteiger partial charge is 0.335 e. The van der Waals surface area contributed by atoms with Gasteiger partial charge in [0.25, 0.3) is 0 Å². The second-order valence-corrected chi connectivity index (χ2v) is 2.10. The van der Waals surface area contributed by atoms with Crippen LogP contribution in [0.1, 0.15) is 6.92 Å². The van der Waals surface area contributed by atoms with Crippen molar-refractivity contribution >= 4 is 5.97 Å². The van der Waals surface area contributed by atoms with Crippen LogP contribution in [-0.2, 0) is 9.53 Å². The molecule has 1 saturated heterocycles. The predicted molar refractivity (Wildman–Crippen MR) is 28.0 cm³/mol. The maximum Gasteiger partial charge on any atom is 0.335 e. The average Bonchev–Trinajstić information content (AvgIpc) is 2.39. The number of epoxide rings is 1. The van der Waals surface area contributed by atoms with Gasteiger partial charge in [-0.05, 0) is 6.92 Å². The molecule has 4 heteroatoms. The molecule has 0 saturated carbocycles. The maximum atomic E-state index is 10.0. The van der Waals surface area contributed by atoms with Crippen LogP contribution < -0.4 is 0 Å². The fraction of sp³-hybridized carbons (Fsp3) is 0.800. The van der Waals surface area contributed by atoms with Gasteiger partial charge in [0.2, 0.25) is 0 Å². The third-order valence-corrected chi connectivity index (χ3v) is 1.24. The highest BCUT2D eigenvalue weighted by Crippen LogP contribution is 2.24. The molecule has 3 unspecified atom stereocenters. The standard InChI is InChI=1S/C5H8O4/c1-2(6)3-4(9-3)5(7)8/h2-4,6H,1H3,(H,7,8). The van der Waals surface area contributed by atoms with Gasteiger partial charge in [0.1, 0.15) is 6.10 Å². The van der Waals surface area contributed by atoms with E-state index in [2.05, 4.69) is 4.74 Å². The predicted octanol–water partition coefficient (Wildman–Crippen LogP) is -0.781. The quantitative estimate of drug-likeness (QED) is 0.483. The molecule has 3 atom stereocenters. The lowest BCUT2D eigenvalue weighted by Gasteiger charge is -1.92. The molecule has 9 heavy (non-hydrogen) atoms. The Morgan fingerprint density at radius 1 is 1.78 bits per heavy atom. The number of rotatable bonds is 2. The van der Waals surface area contributed by atoms with E-state index in [-0.39, 0.29) is 0 Å². The molecule has 1 fully saturated rings. The fourth-order valence-corrected chi connectivity index (χ4v) is 0.689. The van der Waals surface area contributed by atoms with Gasteiger partial charge in [-0.3, -0.25) is 0 Å². The molecule has 52 valence electrons. The Kier molecular flexibility index (Phi) is 1.42. The molecule has 0 radical (unpaired) electrons. The van der Waals surface area contributed by atoms with E-state index in [0.29, 0.717) is 0 Å². The summed E-state index contributed by atoms with van der Waals surface area (Å²) in [6.07, 6.45) is -1.93. The van der Waals surface area contributed by atoms with E-state index in [1.54, 1.807) is 0 Å². The van der Waals surface area contributed by atoms with Gasteiger partial charge in [0.15, 0.2) is 6.10 Å². The van der Waals surface area contributed by atoms with Crippen LogP contribution in [0.5, 0.6) is 0 Å². The minimum absolute atomic E-state index is 0.484. The van der Waals surface area contributed by atoms with Gasteiger partial charge in [-0.25, -0.2) is 4.79 Å². The van der Waals surface area contributed by atoms with E-state index in [1.165, 1.54) is 6.92 Å². The van der Waals surface area contributed by atoms with Crippen LogP contribution in [0.3, 0.4) is 0 Å². The van der Waals surface area contributed by atoms with Crippen molar-refractivity contribution in [1.82, 2.24) is 0 Å². The lowest BCUT2D eigenvalue weighted by atomic mass is 10.2. The highest BCUT2D eigenvalue weighted by Gasteiger charge is 2.48. The zero-order chi connectivity index (χ0) is 7.02. The number of aliphatic carboxylic acids is 1. The summed E-state index contributed by atoms with van der Waals surface area (Å²) in [6.45, 7) is 1.51. The molecule has 0 aromatic heterocycles. The first-order valence-electron chi connectivity index (χ1n) is 2.69.